The molecule has 0 bridgehead atoms. The Morgan fingerprint density at radius 1 is 1.21 bits per heavy atom. The summed E-state index contributed by atoms with van der Waals surface area (Å²) in [6.45, 7) is 5.73. The molecule has 2 aromatic carbocycles. The second kappa shape index (κ2) is 8.25. The Bertz CT molecular complexity index is 959. The van der Waals surface area contributed by atoms with Crippen molar-refractivity contribution in [2.45, 2.75) is 56.7 Å². The molecule has 0 heterocycles. The lowest BCUT2D eigenvalue weighted by Gasteiger charge is -2.38. The normalized spacial score (nSPS) is 17.3. The molecule has 3 rings (SSSR count). The summed E-state index contributed by atoms with van der Waals surface area (Å²) in [7, 11) is -1.39. The highest BCUT2D eigenvalue weighted by molar-refractivity contribution is 7.84. The van der Waals surface area contributed by atoms with Crippen LogP contribution in [0.4, 0.5) is 10.1 Å². The molecule has 0 radical (unpaired) electrons. The summed E-state index contributed by atoms with van der Waals surface area (Å²) in [6, 6.07) is 14.2. The van der Waals surface area contributed by atoms with Crippen molar-refractivity contribution in [1.82, 2.24) is 4.72 Å². The van der Waals surface area contributed by atoms with Crippen LogP contribution in [0.3, 0.4) is 0 Å². The smallest absolute Gasteiger partial charge is 0.146 e. The van der Waals surface area contributed by atoms with E-state index in [1.165, 1.54) is 18.9 Å². The summed E-state index contributed by atoms with van der Waals surface area (Å²) in [5, 5.41) is 9.42. The van der Waals surface area contributed by atoms with Crippen molar-refractivity contribution < 1.29 is 8.60 Å². The van der Waals surface area contributed by atoms with Crippen LogP contribution in [0.1, 0.15) is 63.1 Å². The molecule has 0 spiro atoms. The molecule has 2 aromatic rings. The molecule has 4 nitrogen and oxygen atoms in total. The van der Waals surface area contributed by atoms with Gasteiger partial charge in [0, 0.05) is 0 Å². The summed E-state index contributed by atoms with van der Waals surface area (Å²) >= 11 is 0. The molecule has 0 aliphatic heterocycles. The maximum absolute atomic E-state index is 13.9. The number of hydrogen-bond acceptors (Lipinski definition) is 3. The number of nitrogens with zero attached hydrogens (tertiary/aromatic N) is 1. The lowest BCUT2D eigenvalue weighted by Crippen LogP contribution is -2.49. The third kappa shape index (κ3) is 4.85. The number of hydrogen-bond donors (Lipinski definition) is 2. The first-order valence-electron chi connectivity index (χ1n) is 9.91. The molecule has 1 aliphatic carbocycles. The minimum atomic E-state index is -1.39. The van der Waals surface area contributed by atoms with Gasteiger partial charge >= 0.3 is 0 Å². The van der Waals surface area contributed by atoms with Crippen molar-refractivity contribution in [3.05, 3.63) is 65.0 Å². The summed E-state index contributed by atoms with van der Waals surface area (Å²) in [5.41, 5.74) is 7.23. The molecule has 1 aliphatic rings. The number of anilines is 1. The molecule has 0 amide bonds. The highest BCUT2D eigenvalue weighted by atomic mass is 32.2. The van der Waals surface area contributed by atoms with Gasteiger partial charge in [-0.15, -0.1) is 0 Å². The van der Waals surface area contributed by atoms with Gasteiger partial charge in [0.15, 0.2) is 0 Å². The molecule has 0 saturated heterocycles. The third-order valence-electron chi connectivity index (χ3n) is 5.42. The standard InChI is InChI=1S/C23H28FN3OS/c1-22(2,3)29(28)27-23(12-11-16-7-8-16,18-6-4-5-17(13-18)15-25)19-9-10-20(24)21(26)14-19/h4-6,9-10,13-14,16,27H,7-8,11-12,26H2,1-3H3/t23-,29?/m1/s1. The lowest BCUT2D eigenvalue weighted by molar-refractivity contribution is 0.415. The summed E-state index contributed by atoms with van der Waals surface area (Å²) in [4.78, 5) is 0. The fraction of sp³-hybridized carbons (Fsp3) is 0.435. The Balaban J connectivity index is 2.19. The van der Waals surface area contributed by atoms with Crippen LogP contribution >= 0.6 is 0 Å². The summed E-state index contributed by atoms with van der Waals surface area (Å²) in [6.07, 6.45) is 4.02. The van der Waals surface area contributed by atoms with E-state index in [1.807, 2.05) is 39.0 Å². The van der Waals surface area contributed by atoms with Crippen LogP contribution in [0.25, 0.3) is 0 Å². The number of nitrogens with two attached hydrogens (primary N) is 1. The van der Waals surface area contributed by atoms with E-state index >= 15 is 0 Å². The average molecular weight is 414 g/mol. The molecule has 3 N–H and O–H groups in total. The van der Waals surface area contributed by atoms with Gasteiger partial charge in [0.2, 0.25) is 0 Å². The van der Waals surface area contributed by atoms with Crippen molar-refractivity contribution in [1.29, 1.82) is 5.26 Å². The largest absolute Gasteiger partial charge is 0.396 e. The van der Waals surface area contributed by atoms with Crippen molar-refractivity contribution >= 4 is 16.7 Å². The maximum Gasteiger partial charge on any atom is 0.146 e. The SMILES string of the molecule is CC(C)(C)S(=O)N[C@](CCC1CC1)(c1cccc(C#N)c1)c1ccc(F)c(N)c1. The Morgan fingerprint density at radius 2 is 1.90 bits per heavy atom. The average Bonchev–Trinajstić information content (AvgIpc) is 3.51. The molecular weight excluding hydrogens is 385 g/mol. The maximum atomic E-state index is 13.9. The molecule has 6 heteroatoms. The van der Waals surface area contributed by atoms with Crippen molar-refractivity contribution in [3.8, 4) is 6.07 Å². The highest BCUT2D eigenvalue weighted by Crippen LogP contribution is 2.42. The first-order valence-corrected chi connectivity index (χ1v) is 11.1. The summed E-state index contributed by atoms with van der Waals surface area (Å²) in [5.74, 6) is 0.170. The first kappa shape index (κ1) is 21.5. The van der Waals surface area contributed by atoms with Gasteiger partial charge in [0.1, 0.15) is 5.82 Å². The fourth-order valence-electron chi connectivity index (χ4n) is 3.43. The Labute approximate surface area is 174 Å². The predicted molar refractivity (Wildman–Crippen MR) is 116 cm³/mol. The second-order valence-electron chi connectivity index (χ2n) is 8.80. The quantitative estimate of drug-likeness (QED) is 0.642. The minimum Gasteiger partial charge on any atom is -0.396 e. The van der Waals surface area contributed by atoms with Gasteiger partial charge in [-0.2, -0.15) is 5.26 Å². The van der Waals surface area contributed by atoms with Gasteiger partial charge in [-0.3, -0.25) is 0 Å². The van der Waals surface area contributed by atoms with Crippen molar-refractivity contribution in [3.63, 3.8) is 0 Å². The molecule has 29 heavy (non-hydrogen) atoms. The van der Waals surface area contributed by atoms with Crippen LogP contribution in [-0.2, 0) is 16.5 Å². The molecule has 1 unspecified atom stereocenters. The number of nitrogens with one attached hydrogen (secondary N) is 1. The topological polar surface area (TPSA) is 78.9 Å². The van der Waals surface area contributed by atoms with E-state index in [0.29, 0.717) is 17.9 Å². The molecule has 1 saturated carbocycles. The van der Waals surface area contributed by atoms with E-state index in [4.69, 9.17) is 5.73 Å². The van der Waals surface area contributed by atoms with Crippen LogP contribution < -0.4 is 10.5 Å². The number of nitriles is 1. The molecule has 1 fully saturated rings. The van der Waals surface area contributed by atoms with Crippen LogP contribution in [0.15, 0.2) is 42.5 Å². The van der Waals surface area contributed by atoms with E-state index in [9.17, 15) is 13.9 Å². The van der Waals surface area contributed by atoms with E-state index < -0.39 is 27.1 Å². The molecule has 0 aromatic heterocycles. The molecule has 154 valence electrons. The van der Waals surface area contributed by atoms with E-state index in [2.05, 4.69) is 10.8 Å². The molecular formula is C23H28FN3OS. The van der Waals surface area contributed by atoms with Gasteiger partial charge in [-0.25, -0.2) is 13.3 Å². The van der Waals surface area contributed by atoms with E-state index in [0.717, 1.165) is 17.5 Å². The van der Waals surface area contributed by atoms with Gasteiger partial charge in [-0.05, 0) is 74.9 Å². The fourth-order valence-corrected chi connectivity index (χ4v) is 4.39. The zero-order chi connectivity index (χ0) is 21.2. The zero-order valence-electron chi connectivity index (χ0n) is 17.2. The number of benzene rings is 2. The Morgan fingerprint density at radius 3 is 2.48 bits per heavy atom. The van der Waals surface area contributed by atoms with Gasteiger partial charge in [0.25, 0.3) is 0 Å². The van der Waals surface area contributed by atoms with E-state index in [-0.39, 0.29) is 5.69 Å². The van der Waals surface area contributed by atoms with Crippen LogP contribution in [0, 0.1) is 23.1 Å². The van der Waals surface area contributed by atoms with Crippen LogP contribution in [0.2, 0.25) is 0 Å². The zero-order valence-corrected chi connectivity index (χ0v) is 18.0. The van der Waals surface area contributed by atoms with Crippen molar-refractivity contribution in [2.75, 3.05) is 5.73 Å². The number of rotatable bonds is 7. The Hall–Kier alpha value is -2.23. The highest BCUT2D eigenvalue weighted by Gasteiger charge is 2.40. The molecule has 2 atom stereocenters. The second-order valence-corrected chi connectivity index (χ2v) is 10.8. The first-order chi connectivity index (χ1) is 13.7. The minimum absolute atomic E-state index is 0.0538. The monoisotopic (exact) mass is 413 g/mol. The van der Waals surface area contributed by atoms with Gasteiger partial charge in [0.05, 0.1) is 38.6 Å². The Kier molecular flexibility index (Phi) is 6.11. The van der Waals surface area contributed by atoms with Crippen molar-refractivity contribution in [2.24, 2.45) is 5.92 Å². The van der Waals surface area contributed by atoms with Gasteiger partial charge in [-0.1, -0.05) is 31.0 Å². The summed E-state index contributed by atoms with van der Waals surface area (Å²) < 4.78 is 30.0. The van der Waals surface area contributed by atoms with Crippen LogP contribution in [0.5, 0.6) is 0 Å². The third-order valence-corrected chi connectivity index (χ3v) is 7.07. The van der Waals surface area contributed by atoms with Crippen LogP contribution in [-0.4, -0.2) is 8.96 Å². The van der Waals surface area contributed by atoms with Gasteiger partial charge < -0.3 is 5.73 Å². The lowest BCUT2D eigenvalue weighted by atomic mass is 9.79. The number of nitrogen functional groups attached to an aromatic ring is 1. The predicted octanol–water partition coefficient (Wildman–Crippen LogP) is 4.77. The van der Waals surface area contributed by atoms with E-state index in [1.54, 1.807) is 18.2 Å². The number of halogens is 1.